The molecule has 0 aliphatic heterocycles. The second kappa shape index (κ2) is 7.78. The van der Waals surface area contributed by atoms with E-state index >= 15 is 0 Å². The molecule has 0 bridgehead atoms. The highest BCUT2D eigenvalue weighted by atomic mass is 35.5. The van der Waals surface area contributed by atoms with Gasteiger partial charge in [0.25, 0.3) is 5.56 Å². The number of nitrogens with zero attached hydrogens (tertiary/aromatic N) is 2. The van der Waals surface area contributed by atoms with Crippen LogP contribution in [0.15, 0.2) is 47.4 Å². The molecule has 0 radical (unpaired) electrons. The van der Waals surface area contributed by atoms with Crippen molar-refractivity contribution < 1.29 is 19.0 Å². The third-order valence-corrected chi connectivity index (χ3v) is 4.73. The van der Waals surface area contributed by atoms with Crippen LogP contribution in [-0.2, 0) is 0 Å². The number of aromatic hydroxyl groups is 1. The third kappa shape index (κ3) is 3.71. The number of aromatic nitrogens is 1. The van der Waals surface area contributed by atoms with Gasteiger partial charge in [0, 0.05) is 22.8 Å². The molecule has 0 saturated carbocycles. The second-order valence-corrected chi connectivity index (χ2v) is 6.60. The van der Waals surface area contributed by atoms with Crippen LogP contribution in [0.2, 0.25) is 5.02 Å². The van der Waals surface area contributed by atoms with E-state index in [4.69, 9.17) is 16.3 Å². The number of ether oxygens (including phenoxy) is 1. The van der Waals surface area contributed by atoms with Crippen molar-refractivity contribution in [3.05, 3.63) is 86.0 Å². The molecule has 3 aromatic rings. The Morgan fingerprint density at radius 1 is 1.28 bits per heavy atom. The highest BCUT2D eigenvalue weighted by Crippen LogP contribution is 2.30. The Kier molecular flexibility index (Phi) is 5.39. The number of pyridine rings is 1. The van der Waals surface area contributed by atoms with Crippen LogP contribution < -0.4 is 10.3 Å². The van der Waals surface area contributed by atoms with Crippen molar-refractivity contribution in [2.75, 3.05) is 7.11 Å². The van der Waals surface area contributed by atoms with E-state index in [0.29, 0.717) is 10.6 Å². The molecule has 0 aliphatic rings. The van der Waals surface area contributed by atoms with Crippen LogP contribution in [0.3, 0.4) is 0 Å². The van der Waals surface area contributed by atoms with E-state index in [2.05, 4.69) is 0 Å². The highest BCUT2D eigenvalue weighted by Gasteiger charge is 2.20. The zero-order chi connectivity index (χ0) is 21.3. The maximum atomic E-state index is 13.6. The van der Waals surface area contributed by atoms with Gasteiger partial charge in [-0.05, 0) is 42.8 Å². The Bertz CT molecular complexity index is 1240. The van der Waals surface area contributed by atoms with Crippen LogP contribution in [-0.4, -0.2) is 22.6 Å². The van der Waals surface area contributed by atoms with Gasteiger partial charge < -0.3 is 9.84 Å². The first kappa shape index (κ1) is 20.1. The summed E-state index contributed by atoms with van der Waals surface area (Å²) in [6, 6.07) is 8.88. The smallest absolute Gasteiger partial charge is 0.273 e. The standard InChI is InChI=1S/C21H14ClFN2O4/c1-11-5-17(19(29-2)8-16(11)22)25-10-13(6-12(9-24)21(25)28)20(27)15-7-14(23)3-4-18(15)26/h3-8,10,26H,1-2H3. The number of hydrogen-bond donors (Lipinski definition) is 1. The number of phenols is 1. The van der Waals surface area contributed by atoms with Crippen molar-refractivity contribution in [2.24, 2.45) is 0 Å². The zero-order valence-corrected chi connectivity index (χ0v) is 16.1. The van der Waals surface area contributed by atoms with Crippen LogP contribution in [0.25, 0.3) is 5.69 Å². The molecule has 1 aromatic heterocycles. The molecule has 0 saturated heterocycles. The average molecular weight is 413 g/mol. The van der Waals surface area contributed by atoms with Crippen molar-refractivity contribution in [3.63, 3.8) is 0 Å². The van der Waals surface area contributed by atoms with Gasteiger partial charge in [-0.1, -0.05) is 11.6 Å². The number of methoxy groups -OCH3 is 1. The summed E-state index contributed by atoms with van der Waals surface area (Å²) in [6.07, 6.45) is 1.21. The number of ketones is 1. The molecule has 1 N–H and O–H groups in total. The molecule has 6 nitrogen and oxygen atoms in total. The highest BCUT2D eigenvalue weighted by molar-refractivity contribution is 6.31. The quantitative estimate of drug-likeness (QED) is 0.659. The summed E-state index contributed by atoms with van der Waals surface area (Å²) in [5.41, 5.74) is -0.439. The fraction of sp³-hybridized carbons (Fsp3) is 0.0952. The van der Waals surface area contributed by atoms with E-state index in [9.17, 15) is 24.3 Å². The number of benzene rings is 2. The minimum atomic E-state index is -0.753. The van der Waals surface area contributed by atoms with Gasteiger partial charge >= 0.3 is 0 Å². The number of phenolic OH excluding ortho intramolecular Hbond substituents is 1. The Labute approximate surface area is 170 Å². The summed E-state index contributed by atoms with van der Waals surface area (Å²) in [6.45, 7) is 1.72. The van der Waals surface area contributed by atoms with Gasteiger partial charge in [0.15, 0.2) is 5.78 Å². The molecule has 1 heterocycles. The molecule has 0 aliphatic carbocycles. The lowest BCUT2D eigenvalue weighted by Gasteiger charge is -2.15. The lowest BCUT2D eigenvalue weighted by atomic mass is 10.0. The summed E-state index contributed by atoms with van der Waals surface area (Å²) >= 11 is 6.11. The summed E-state index contributed by atoms with van der Waals surface area (Å²) in [5, 5.41) is 19.7. The minimum Gasteiger partial charge on any atom is -0.507 e. The molecule has 0 atom stereocenters. The molecule has 146 valence electrons. The fourth-order valence-electron chi connectivity index (χ4n) is 2.81. The van der Waals surface area contributed by atoms with Crippen molar-refractivity contribution in [3.8, 4) is 23.3 Å². The SMILES string of the molecule is COc1cc(Cl)c(C)cc1-n1cc(C(=O)c2cc(F)ccc2O)cc(C#N)c1=O. The number of rotatable bonds is 4. The zero-order valence-electron chi connectivity index (χ0n) is 15.4. The van der Waals surface area contributed by atoms with Gasteiger partial charge in [-0.3, -0.25) is 14.2 Å². The van der Waals surface area contributed by atoms with Crippen molar-refractivity contribution >= 4 is 17.4 Å². The van der Waals surface area contributed by atoms with E-state index in [1.807, 2.05) is 0 Å². The molecular formula is C21H14ClFN2O4. The molecule has 0 amide bonds. The predicted molar refractivity (Wildman–Crippen MR) is 105 cm³/mol. The summed E-state index contributed by atoms with van der Waals surface area (Å²) in [5.74, 6) is -1.63. The van der Waals surface area contributed by atoms with Gasteiger partial charge in [-0.25, -0.2) is 4.39 Å². The van der Waals surface area contributed by atoms with Crippen molar-refractivity contribution in [2.45, 2.75) is 6.92 Å². The summed E-state index contributed by atoms with van der Waals surface area (Å²) < 4.78 is 19.9. The Balaban J connectivity index is 2.28. The Morgan fingerprint density at radius 2 is 2.00 bits per heavy atom. The number of carbonyl (C=O) groups excluding carboxylic acids is 1. The molecule has 8 heteroatoms. The minimum absolute atomic E-state index is 0.0864. The Hall–Kier alpha value is -3.63. The van der Waals surface area contributed by atoms with Gasteiger partial charge in [-0.15, -0.1) is 0 Å². The van der Waals surface area contributed by atoms with Gasteiger partial charge in [0.1, 0.15) is 28.9 Å². The molecule has 2 aromatic carbocycles. The molecule has 0 spiro atoms. The van der Waals surface area contributed by atoms with Crippen LogP contribution in [0.1, 0.15) is 27.0 Å². The lowest BCUT2D eigenvalue weighted by molar-refractivity contribution is 0.103. The van der Waals surface area contributed by atoms with Crippen LogP contribution >= 0.6 is 11.6 Å². The van der Waals surface area contributed by atoms with Crippen LogP contribution in [0, 0.1) is 24.1 Å². The number of nitriles is 1. The topological polar surface area (TPSA) is 92.3 Å². The maximum absolute atomic E-state index is 13.6. The first-order valence-corrected chi connectivity index (χ1v) is 8.69. The fourth-order valence-corrected chi connectivity index (χ4v) is 2.96. The summed E-state index contributed by atoms with van der Waals surface area (Å²) in [7, 11) is 1.39. The van der Waals surface area contributed by atoms with Crippen LogP contribution in [0.4, 0.5) is 4.39 Å². The average Bonchev–Trinajstić information content (AvgIpc) is 2.71. The maximum Gasteiger partial charge on any atom is 0.273 e. The van der Waals surface area contributed by atoms with Crippen LogP contribution in [0.5, 0.6) is 11.5 Å². The largest absolute Gasteiger partial charge is 0.507 e. The molecular weight excluding hydrogens is 399 g/mol. The molecule has 0 fully saturated rings. The van der Waals surface area contributed by atoms with E-state index < -0.39 is 22.9 Å². The van der Waals surface area contributed by atoms with E-state index in [0.717, 1.165) is 28.8 Å². The molecule has 3 rings (SSSR count). The lowest BCUT2D eigenvalue weighted by Crippen LogP contribution is -2.23. The van der Waals surface area contributed by atoms with Gasteiger partial charge in [0.05, 0.1) is 18.4 Å². The van der Waals surface area contributed by atoms with E-state index in [1.165, 1.54) is 19.4 Å². The van der Waals surface area contributed by atoms with E-state index in [-0.39, 0.29) is 28.1 Å². The molecule has 29 heavy (non-hydrogen) atoms. The number of halogens is 2. The third-order valence-electron chi connectivity index (χ3n) is 4.32. The number of hydrogen-bond acceptors (Lipinski definition) is 5. The second-order valence-electron chi connectivity index (χ2n) is 6.19. The first-order valence-electron chi connectivity index (χ1n) is 8.31. The Morgan fingerprint density at radius 3 is 2.66 bits per heavy atom. The summed E-state index contributed by atoms with van der Waals surface area (Å²) in [4.78, 5) is 25.6. The monoisotopic (exact) mass is 412 g/mol. The first-order chi connectivity index (χ1) is 13.8. The van der Waals surface area contributed by atoms with Gasteiger partial charge in [0.2, 0.25) is 0 Å². The van der Waals surface area contributed by atoms with Crippen molar-refractivity contribution in [1.82, 2.24) is 4.57 Å². The normalized spacial score (nSPS) is 10.4. The van der Waals surface area contributed by atoms with Gasteiger partial charge in [-0.2, -0.15) is 5.26 Å². The number of carbonyl (C=O) groups is 1. The van der Waals surface area contributed by atoms with Crippen molar-refractivity contribution in [1.29, 1.82) is 5.26 Å². The van der Waals surface area contributed by atoms with E-state index in [1.54, 1.807) is 19.1 Å². The predicted octanol–water partition coefficient (Wildman–Crippen LogP) is 3.76. The molecule has 0 unspecified atom stereocenters. The number of aryl methyl sites for hydroxylation is 1.